The molecule has 0 radical (unpaired) electrons. The summed E-state index contributed by atoms with van der Waals surface area (Å²) in [4.78, 5) is 25.4. The first-order valence-electron chi connectivity index (χ1n) is 8.79. The molecule has 0 atom stereocenters. The number of carbonyl (C=O) groups excluding carboxylic acids is 2. The molecule has 0 saturated heterocycles. The number of benzene rings is 1. The van der Waals surface area contributed by atoms with E-state index in [1.54, 1.807) is 0 Å². The Morgan fingerprint density at radius 1 is 1.31 bits per heavy atom. The Kier molecular flexibility index (Phi) is 5.33. The van der Waals surface area contributed by atoms with Crippen LogP contribution in [-0.4, -0.2) is 35.5 Å². The van der Waals surface area contributed by atoms with Crippen molar-refractivity contribution < 1.29 is 9.59 Å². The van der Waals surface area contributed by atoms with Gasteiger partial charge in [0.05, 0.1) is 6.54 Å². The third-order valence-corrected chi connectivity index (χ3v) is 4.77. The number of nitrogens with one attached hydrogen (secondary N) is 1. The molecule has 136 valence electrons. The van der Waals surface area contributed by atoms with Crippen LogP contribution < -0.4 is 11.1 Å². The van der Waals surface area contributed by atoms with E-state index < -0.39 is 5.66 Å². The lowest BCUT2D eigenvalue weighted by Gasteiger charge is -2.28. The molecule has 2 amide bonds. The Balaban J connectivity index is 1.53. The molecule has 2 aliphatic heterocycles. The molecule has 0 unspecified atom stereocenters. The summed E-state index contributed by atoms with van der Waals surface area (Å²) in [6, 6.07) is 5.92. The lowest BCUT2D eigenvalue weighted by molar-refractivity contribution is -0.119. The SMILES string of the molecule is C#CCCC1(CCC(=O)Nc2ccc3c(c2)CN(CC(N)=O)CC3)N=N1. The van der Waals surface area contributed by atoms with Crippen molar-refractivity contribution in [3.8, 4) is 12.3 Å². The molecule has 1 aromatic carbocycles. The van der Waals surface area contributed by atoms with Crippen LogP contribution in [0.5, 0.6) is 0 Å². The van der Waals surface area contributed by atoms with Gasteiger partial charge in [-0.15, -0.1) is 12.3 Å². The summed E-state index contributed by atoms with van der Waals surface area (Å²) in [5, 5.41) is 11.0. The summed E-state index contributed by atoms with van der Waals surface area (Å²) in [5.74, 6) is 2.19. The second-order valence-corrected chi connectivity index (χ2v) is 6.85. The number of hydrogen-bond acceptors (Lipinski definition) is 5. The molecule has 0 fully saturated rings. The molecule has 26 heavy (non-hydrogen) atoms. The smallest absolute Gasteiger partial charge is 0.231 e. The lowest BCUT2D eigenvalue weighted by atomic mass is 9.98. The van der Waals surface area contributed by atoms with Gasteiger partial charge in [-0.1, -0.05) is 6.07 Å². The van der Waals surface area contributed by atoms with E-state index >= 15 is 0 Å². The van der Waals surface area contributed by atoms with E-state index in [-0.39, 0.29) is 18.4 Å². The van der Waals surface area contributed by atoms with E-state index in [0.29, 0.717) is 32.2 Å². The van der Waals surface area contributed by atoms with Crippen LogP contribution in [0.25, 0.3) is 0 Å². The number of anilines is 1. The van der Waals surface area contributed by atoms with Gasteiger partial charge in [0.15, 0.2) is 5.66 Å². The quantitative estimate of drug-likeness (QED) is 0.697. The molecule has 1 aromatic rings. The molecule has 0 aromatic heterocycles. The molecule has 7 heteroatoms. The van der Waals surface area contributed by atoms with Crippen molar-refractivity contribution in [3.05, 3.63) is 29.3 Å². The third kappa shape index (κ3) is 4.67. The number of terminal acetylenes is 1. The second kappa shape index (κ2) is 7.67. The van der Waals surface area contributed by atoms with E-state index in [4.69, 9.17) is 12.2 Å². The zero-order chi connectivity index (χ0) is 18.6. The first kappa shape index (κ1) is 18.1. The number of carbonyl (C=O) groups is 2. The topological polar surface area (TPSA) is 100 Å². The zero-order valence-corrected chi connectivity index (χ0v) is 14.7. The zero-order valence-electron chi connectivity index (χ0n) is 14.7. The number of rotatable bonds is 8. The number of amides is 2. The van der Waals surface area contributed by atoms with Gasteiger partial charge in [0.2, 0.25) is 11.8 Å². The average molecular weight is 353 g/mol. The van der Waals surface area contributed by atoms with E-state index in [1.807, 2.05) is 23.1 Å². The van der Waals surface area contributed by atoms with Crippen molar-refractivity contribution in [3.63, 3.8) is 0 Å². The first-order valence-corrected chi connectivity index (χ1v) is 8.79. The molecule has 0 bridgehead atoms. The van der Waals surface area contributed by atoms with Crippen molar-refractivity contribution in [1.29, 1.82) is 0 Å². The van der Waals surface area contributed by atoms with Gasteiger partial charge in [-0.3, -0.25) is 14.5 Å². The van der Waals surface area contributed by atoms with Crippen LogP contribution in [0.1, 0.15) is 36.8 Å². The lowest BCUT2D eigenvalue weighted by Crippen LogP contribution is -2.37. The van der Waals surface area contributed by atoms with Gasteiger partial charge in [-0.05, 0) is 29.7 Å². The summed E-state index contributed by atoms with van der Waals surface area (Å²) in [6.45, 7) is 1.73. The third-order valence-electron chi connectivity index (χ3n) is 4.77. The average Bonchev–Trinajstić information content (AvgIpc) is 3.38. The maximum atomic E-state index is 12.2. The van der Waals surface area contributed by atoms with Gasteiger partial charge in [-0.2, -0.15) is 10.2 Å². The van der Waals surface area contributed by atoms with Crippen LogP contribution in [0, 0.1) is 12.3 Å². The van der Waals surface area contributed by atoms with Crippen LogP contribution >= 0.6 is 0 Å². The number of hydrogen-bond donors (Lipinski definition) is 2. The summed E-state index contributed by atoms with van der Waals surface area (Å²) >= 11 is 0. The van der Waals surface area contributed by atoms with Gasteiger partial charge in [0.1, 0.15) is 0 Å². The van der Waals surface area contributed by atoms with E-state index in [9.17, 15) is 9.59 Å². The highest BCUT2D eigenvalue weighted by Crippen LogP contribution is 2.37. The largest absolute Gasteiger partial charge is 0.369 e. The number of fused-ring (bicyclic) bond motifs is 1. The Bertz CT molecular complexity index is 775. The summed E-state index contributed by atoms with van der Waals surface area (Å²) < 4.78 is 0. The van der Waals surface area contributed by atoms with Crippen molar-refractivity contribution in [2.45, 2.75) is 44.3 Å². The number of nitrogens with zero attached hydrogens (tertiary/aromatic N) is 3. The summed E-state index contributed by atoms with van der Waals surface area (Å²) in [6.07, 6.45) is 8.39. The monoisotopic (exact) mass is 353 g/mol. The number of primary amides is 1. The summed E-state index contributed by atoms with van der Waals surface area (Å²) in [5.41, 5.74) is 7.97. The van der Waals surface area contributed by atoms with Crippen molar-refractivity contribution in [1.82, 2.24) is 4.90 Å². The Hall–Kier alpha value is -2.72. The molecular formula is C19H23N5O2. The highest BCUT2D eigenvalue weighted by Gasteiger charge is 2.39. The highest BCUT2D eigenvalue weighted by molar-refractivity contribution is 5.90. The highest BCUT2D eigenvalue weighted by atomic mass is 16.2. The Morgan fingerprint density at radius 3 is 2.81 bits per heavy atom. The fraction of sp³-hybridized carbons (Fsp3) is 0.474. The van der Waals surface area contributed by atoms with Crippen LogP contribution in [0.2, 0.25) is 0 Å². The van der Waals surface area contributed by atoms with Gasteiger partial charge in [-0.25, -0.2) is 0 Å². The number of nitrogens with two attached hydrogens (primary N) is 1. The van der Waals surface area contributed by atoms with Gasteiger partial charge in [0.25, 0.3) is 0 Å². The van der Waals surface area contributed by atoms with E-state index in [0.717, 1.165) is 24.2 Å². The predicted molar refractivity (Wildman–Crippen MR) is 98.1 cm³/mol. The minimum atomic E-state index is -0.436. The first-order chi connectivity index (χ1) is 12.5. The molecule has 7 nitrogen and oxygen atoms in total. The fourth-order valence-electron chi connectivity index (χ4n) is 3.25. The van der Waals surface area contributed by atoms with Gasteiger partial charge >= 0.3 is 0 Å². The molecule has 0 spiro atoms. The normalized spacial score (nSPS) is 17.2. The molecule has 0 saturated carbocycles. The Labute approximate surface area is 153 Å². The predicted octanol–water partition coefficient (Wildman–Crippen LogP) is 1.82. The molecule has 3 N–H and O–H groups in total. The fourth-order valence-corrected chi connectivity index (χ4v) is 3.25. The van der Waals surface area contributed by atoms with Crippen molar-refractivity contribution in [2.24, 2.45) is 16.0 Å². The minimum Gasteiger partial charge on any atom is -0.369 e. The minimum absolute atomic E-state index is 0.0628. The van der Waals surface area contributed by atoms with Crippen LogP contribution in [0.4, 0.5) is 5.69 Å². The molecule has 0 aliphatic carbocycles. The van der Waals surface area contributed by atoms with E-state index in [1.165, 1.54) is 5.56 Å². The second-order valence-electron chi connectivity index (χ2n) is 6.85. The van der Waals surface area contributed by atoms with Gasteiger partial charge < -0.3 is 11.1 Å². The molecule has 2 heterocycles. The van der Waals surface area contributed by atoms with Crippen LogP contribution in [-0.2, 0) is 22.6 Å². The van der Waals surface area contributed by atoms with Crippen LogP contribution in [0.15, 0.2) is 28.4 Å². The maximum Gasteiger partial charge on any atom is 0.231 e. The molecule has 3 rings (SSSR count). The standard InChI is InChI=1S/C19H23N5O2/c1-2-3-8-19(22-23-19)9-6-18(26)21-16-5-4-14-7-10-24(13-17(20)25)12-15(14)11-16/h1,4-5,11H,3,6-10,12-13H2,(H2,20,25)(H,21,26). The van der Waals surface area contributed by atoms with Crippen LogP contribution in [0.3, 0.4) is 0 Å². The Morgan fingerprint density at radius 2 is 2.12 bits per heavy atom. The van der Waals surface area contributed by atoms with E-state index in [2.05, 4.69) is 21.5 Å². The molecule has 2 aliphatic rings. The van der Waals surface area contributed by atoms with Gasteiger partial charge in [0, 0.05) is 44.5 Å². The summed E-state index contributed by atoms with van der Waals surface area (Å²) in [7, 11) is 0. The molecular weight excluding hydrogens is 330 g/mol. The maximum absolute atomic E-state index is 12.2. The van der Waals surface area contributed by atoms with Crippen molar-refractivity contribution >= 4 is 17.5 Å². The van der Waals surface area contributed by atoms with Crippen molar-refractivity contribution in [2.75, 3.05) is 18.4 Å².